The predicted molar refractivity (Wildman–Crippen MR) is 356 cm³/mol. The lowest BCUT2D eigenvalue weighted by molar-refractivity contribution is -0.305. The molecule has 8 atom stereocenters. The molecule has 0 radical (unpaired) electrons. The van der Waals surface area contributed by atoms with Crippen LogP contribution in [0.25, 0.3) is 0 Å². The normalized spacial score (nSPS) is 19.1. The van der Waals surface area contributed by atoms with E-state index in [1.54, 1.807) is 6.08 Å². The van der Waals surface area contributed by atoms with Gasteiger partial charge in [0.15, 0.2) is 12.4 Å². The highest BCUT2D eigenvalue weighted by molar-refractivity contribution is 5.80. The van der Waals surface area contributed by atoms with Crippen LogP contribution in [0.1, 0.15) is 284 Å². The molecule has 8 unspecified atom stereocenters. The summed E-state index contributed by atoms with van der Waals surface area (Å²) in [6.07, 6.45) is 72.6. The van der Waals surface area contributed by atoms with Crippen molar-refractivity contribution in [3.8, 4) is 0 Å². The molecular formula is C74H127NO10. The smallest absolute Gasteiger partial charge is 0.306 e. The number of carbonyl (C=O) groups is 2. The summed E-state index contributed by atoms with van der Waals surface area (Å²) in [5.41, 5.74) is 0. The summed E-state index contributed by atoms with van der Waals surface area (Å²) in [6.45, 7) is 5.64. The summed E-state index contributed by atoms with van der Waals surface area (Å²) < 4.78 is 17.7. The van der Waals surface area contributed by atoms with E-state index in [4.69, 9.17) is 14.2 Å². The largest absolute Gasteiger partial charge is 0.454 e. The molecule has 0 saturated carbocycles. The Balaban J connectivity index is 2.62. The van der Waals surface area contributed by atoms with Gasteiger partial charge >= 0.3 is 5.97 Å². The summed E-state index contributed by atoms with van der Waals surface area (Å²) in [7, 11) is 0. The second-order valence-electron chi connectivity index (χ2n) is 23.5. The molecule has 6 N–H and O–H groups in total. The lowest BCUT2D eigenvalue weighted by Crippen LogP contribution is -2.61. The minimum atomic E-state index is -1.63. The first-order chi connectivity index (χ1) is 41.7. The Kier molecular flexibility index (Phi) is 56.6. The molecule has 85 heavy (non-hydrogen) atoms. The van der Waals surface area contributed by atoms with Crippen LogP contribution in [0.15, 0.2) is 109 Å². The van der Waals surface area contributed by atoms with Gasteiger partial charge in [-0.15, -0.1) is 0 Å². The monoisotopic (exact) mass is 1190 g/mol. The van der Waals surface area contributed by atoms with Crippen molar-refractivity contribution < 1.29 is 49.3 Å². The van der Waals surface area contributed by atoms with Crippen LogP contribution >= 0.6 is 0 Å². The van der Waals surface area contributed by atoms with Crippen molar-refractivity contribution in [1.29, 1.82) is 0 Å². The minimum Gasteiger partial charge on any atom is -0.454 e. The maximum Gasteiger partial charge on any atom is 0.306 e. The first kappa shape index (κ1) is 79.3. The first-order valence-electron chi connectivity index (χ1n) is 34.7. The van der Waals surface area contributed by atoms with Crippen LogP contribution < -0.4 is 5.32 Å². The fourth-order valence-corrected chi connectivity index (χ4v) is 10.2. The average molecular weight is 1190 g/mol. The van der Waals surface area contributed by atoms with E-state index in [0.717, 1.165) is 109 Å². The average Bonchev–Trinajstić information content (AvgIpc) is 3.21. The summed E-state index contributed by atoms with van der Waals surface area (Å²) in [4.78, 5) is 26.7. The highest BCUT2D eigenvalue weighted by Gasteiger charge is 2.47. The van der Waals surface area contributed by atoms with Crippen molar-refractivity contribution in [3.63, 3.8) is 0 Å². The van der Waals surface area contributed by atoms with Gasteiger partial charge in [0.2, 0.25) is 5.91 Å². The van der Waals surface area contributed by atoms with E-state index in [1.807, 2.05) is 6.08 Å². The molecule has 0 bridgehead atoms. The maximum atomic E-state index is 13.5. The van der Waals surface area contributed by atoms with Gasteiger partial charge < -0.3 is 45.1 Å². The Labute approximate surface area is 519 Å². The maximum absolute atomic E-state index is 13.5. The summed E-state index contributed by atoms with van der Waals surface area (Å²) in [5.74, 6) is -1.23. The van der Waals surface area contributed by atoms with E-state index in [2.05, 4.69) is 123 Å². The third-order valence-electron chi connectivity index (χ3n) is 15.7. The quantitative estimate of drug-likeness (QED) is 0.0195. The number of nitrogens with one attached hydrogen (secondary N) is 1. The molecule has 0 spiro atoms. The molecule has 0 aromatic carbocycles. The third-order valence-corrected chi connectivity index (χ3v) is 15.7. The van der Waals surface area contributed by atoms with Crippen molar-refractivity contribution in [2.24, 2.45) is 0 Å². The van der Waals surface area contributed by atoms with Crippen molar-refractivity contribution in [3.05, 3.63) is 109 Å². The van der Waals surface area contributed by atoms with Gasteiger partial charge in [-0.2, -0.15) is 0 Å². The zero-order chi connectivity index (χ0) is 61.7. The second-order valence-corrected chi connectivity index (χ2v) is 23.5. The Morgan fingerprint density at radius 1 is 0.471 bits per heavy atom. The molecule has 1 aliphatic rings. The van der Waals surface area contributed by atoms with E-state index < -0.39 is 67.4 Å². The predicted octanol–water partition coefficient (Wildman–Crippen LogP) is 17.6. The fraction of sp³-hybridized carbons (Fsp3) is 0.730. The van der Waals surface area contributed by atoms with Gasteiger partial charge in [-0.05, 0) is 109 Å². The van der Waals surface area contributed by atoms with Crippen LogP contribution in [0.2, 0.25) is 0 Å². The number of carbonyl (C=O) groups excluding carboxylic acids is 2. The van der Waals surface area contributed by atoms with E-state index in [-0.39, 0.29) is 19.4 Å². The van der Waals surface area contributed by atoms with Crippen LogP contribution in [0, 0.1) is 0 Å². The fourth-order valence-electron chi connectivity index (χ4n) is 10.2. The molecule has 1 saturated heterocycles. The number of allylic oxidation sites excluding steroid dienone is 17. The third kappa shape index (κ3) is 48.0. The van der Waals surface area contributed by atoms with Gasteiger partial charge in [0.25, 0.3) is 0 Å². The van der Waals surface area contributed by atoms with Crippen LogP contribution in [0.3, 0.4) is 0 Å². The summed E-state index contributed by atoms with van der Waals surface area (Å²) in [5, 5.41) is 57.2. The van der Waals surface area contributed by atoms with Gasteiger partial charge in [-0.1, -0.05) is 278 Å². The molecule has 1 heterocycles. The molecule has 0 aliphatic carbocycles. The number of hydrogen-bond donors (Lipinski definition) is 6. The van der Waals surface area contributed by atoms with E-state index >= 15 is 0 Å². The van der Waals surface area contributed by atoms with Crippen molar-refractivity contribution in [2.45, 2.75) is 333 Å². The molecule has 488 valence electrons. The number of aliphatic hydroxyl groups is 5. The molecule has 1 rings (SSSR count). The minimum absolute atomic E-state index is 0.112. The van der Waals surface area contributed by atoms with E-state index in [9.17, 15) is 35.1 Å². The van der Waals surface area contributed by atoms with Crippen LogP contribution in [-0.4, -0.2) is 99.6 Å². The summed E-state index contributed by atoms with van der Waals surface area (Å²) in [6, 6.07) is -1.05. The lowest BCUT2D eigenvalue weighted by Gasteiger charge is -2.41. The molecule has 1 amide bonds. The topological polar surface area (TPSA) is 175 Å². The number of esters is 1. The standard InChI is InChI=1S/C74H127NO10/c1-4-7-10-13-16-19-22-25-27-29-31-32-33-34-35-36-37-39-41-44-47-50-53-56-59-62-69(79)85-72-71(81)70(80)68(63-76)84-74(72)83-64-65(66(77)60-57-54-51-48-45-42-24-21-18-15-12-9-6-3)75-73(82)67(78)61-58-55-52-49-46-43-40-38-30-28-26-23-20-17-14-11-8-5-2/h8,11,16-17,19-20,25-28,31-32,38,40,46,49,57,60,65-68,70-72,74,76-78,80-81H,4-7,9-10,12-15,18,21-24,29-30,33-37,39,41-45,47-48,50-56,58-59,61-64H2,1-3H3,(H,75,82)/b11-8-,19-16-,20-17-,27-25-,28-26-,32-31-,40-38-,49-46-,60-57+. The molecule has 11 nitrogen and oxygen atoms in total. The first-order valence-corrected chi connectivity index (χ1v) is 34.7. The van der Waals surface area contributed by atoms with Gasteiger partial charge in [-0.25, -0.2) is 0 Å². The molecule has 0 aromatic rings. The zero-order valence-electron chi connectivity index (χ0n) is 54.2. The number of rotatable bonds is 58. The van der Waals surface area contributed by atoms with Crippen molar-refractivity contribution in [1.82, 2.24) is 5.32 Å². The van der Waals surface area contributed by atoms with Gasteiger partial charge in [0, 0.05) is 6.42 Å². The molecule has 1 aliphatic heterocycles. The molecule has 0 aromatic heterocycles. The zero-order valence-corrected chi connectivity index (χ0v) is 54.2. The number of hydrogen-bond acceptors (Lipinski definition) is 10. The van der Waals surface area contributed by atoms with Gasteiger partial charge in [0.05, 0.1) is 25.4 Å². The van der Waals surface area contributed by atoms with Gasteiger partial charge in [-0.3, -0.25) is 9.59 Å². The van der Waals surface area contributed by atoms with Crippen LogP contribution in [0.4, 0.5) is 0 Å². The number of ether oxygens (including phenoxy) is 3. The highest BCUT2D eigenvalue weighted by atomic mass is 16.7. The number of unbranched alkanes of at least 4 members (excludes halogenated alkanes) is 28. The Bertz CT molecular complexity index is 1800. The Morgan fingerprint density at radius 3 is 1.29 bits per heavy atom. The second kappa shape index (κ2) is 60.6. The molecular weight excluding hydrogens is 1060 g/mol. The van der Waals surface area contributed by atoms with Gasteiger partial charge in [0.1, 0.15) is 24.4 Å². The van der Waals surface area contributed by atoms with Crippen LogP contribution in [0.5, 0.6) is 0 Å². The Hall–Kier alpha value is -3.68. The Morgan fingerprint density at radius 2 is 0.847 bits per heavy atom. The van der Waals surface area contributed by atoms with Crippen molar-refractivity contribution >= 4 is 11.9 Å². The lowest BCUT2D eigenvalue weighted by atomic mass is 9.99. The SMILES string of the molecule is CC/C=C\C/C=C\C/C=C\C/C=C\C/C=C\CCCCC(O)C(=O)NC(COC1OC(CO)C(O)C(O)C1OC(=O)CCCCCCCCCCCCCC/C=C\C/C=C\C/C=C\CCCCC)C(O)/C=C/CCCCCCCCCCCCC. The summed E-state index contributed by atoms with van der Waals surface area (Å²) >= 11 is 0. The van der Waals surface area contributed by atoms with E-state index in [1.165, 1.54) is 128 Å². The number of aliphatic hydroxyl groups excluding tert-OH is 5. The van der Waals surface area contributed by atoms with Crippen LogP contribution in [-0.2, 0) is 23.8 Å². The van der Waals surface area contributed by atoms with Crippen molar-refractivity contribution in [2.75, 3.05) is 13.2 Å². The molecule has 1 fully saturated rings. The van der Waals surface area contributed by atoms with E-state index in [0.29, 0.717) is 12.8 Å². The highest BCUT2D eigenvalue weighted by Crippen LogP contribution is 2.26. The number of amides is 1. The molecule has 11 heteroatoms.